The standard InChI is InChI=1S/C6H14O.C2H5N/c1-2-3-4-5-6-7;1-2-3-1/h7H,2-6H2,1H3;3H,1-2H2. The van der Waals surface area contributed by atoms with Crippen molar-refractivity contribution in [3.8, 4) is 0 Å². The maximum atomic E-state index is 8.29. The van der Waals surface area contributed by atoms with Crippen LogP contribution in [0.5, 0.6) is 0 Å². The second kappa shape index (κ2) is 8.92. The molecule has 1 saturated heterocycles. The van der Waals surface area contributed by atoms with E-state index in [-0.39, 0.29) is 0 Å². The number of hydrogen-bond acceptors (Lipinski definition) is 2. The molecule has 2 nitrogen and oxygen atoms in total. The van der Waals surface area contributed by atoms with Crippen LogP contribution in [0, 0.1) is 0 Å². The van der Waals surface area contributed by atoms with E-state index in [1.165, 1.54) is 32.4 Å². The van der Waals surface area contributed by atoms with Crippen LogP contribution in [0.25, 0.3) is 0 Å². The van der Waals surface area contributed by atoms with Crippen LogP contribution in [0.15, 0.2) is 0 Å². The molecular weight excluding hydrogens is 126 g/mol. The van der Waals surface area contributed by atoms with Gasteiger partial charge in [0.1, 0.15) is 0 Å². The van der Waals surface area contributed by atoms with E-state index in [0.717, 1.165) is 6.42 Å². The summed E-state index contributed by atoms with van der Waals surface area (Å²) >= 11 is 0. The maximum Gasteiger partial charge on any atom is 0.0431 e. The number of aliphatic hydroxyl groups excluding tert-OH is 1. The Labute approximate surface area is 63.6 Å². The Kier molecular flexibility index (Phi) is 8.85. The normalized spacial score (nSPS) is 13.8. The van der Waals surface area contributed by atoms with Crippen LogP contribution < -0.4 is 5.32 Å². The summed E-state index contributed by atoms with van der Waals surface area (Å²) < 4.78 is 0. The van der Waals surface area contributed by atoms with Gasteiger partial charge in [-0.3, -0.25) is 0 Å². The second-order valence-electron chi connectivity index (χ2n) is 2.53. The molecule has 0 unspecified atom stereocenters. The Morgan fingerprint density at radius 1 is 1.20 bits per heavy atom. The van der Waals surface area contributed by atoms with Crippen LogP contribution in [0.2, 0.25) is 0 Å². The molecule has 0 saturated carbocycles. The minimum Gasteiger partial charge on any atom is -0.396 e. The van der Waals surface area contributed by atoms with E-state index >= 15 is 0 Å². The van der Waals surface area contributed by atoms with Crippen molar-refractivity contribution < 1.29 is 5.11 Å². The van der Waals surface area contributed by atoms with E-state index in [4.69, 9.17) is 5.11 Å². The second-order valence-corrected chi connectivity index (χ2v) is 2.53. The summed E-state index contributed by atoms with van der Waals surface area (Å²) in [5.74, 6) is 0. The van der Waals surface area contributed by atoms with E-state index in [9.17, 15) is 0 Å². The molecular formula is C8H19NO. The van der Waals surface area contributed by atoms with Crippen LogP contribution in [0.4, 0.5) is 0 Å². The van der Waals surface area contributed by atoms with Gasteiger partial charge < -0.3 is 10.4 Å². The highest BCUT2D eigenvalue weighted by molar-refractivity contribution is 4.58. The Balaban J connectivity index is 0.000000219. The molecule has 1 aliphatic rings. The molecule has 2 N–H and O–H groups in total. The molecule has 1 aliphatic heterocycles. The van der Waals surface area contributed by atoms with Crippen molar-refractivity contribution in [1.82, 2.24) is 5.32 Å². The zero-order chi connectivity index (χ0) is 7.66. The lowest BCUT2D eigenvalue weighted by Gasteiger charge is -1.90. The summed E-state index contributed by atoms with van der Waals surface area (Å²) in [7, 11) is 0. The summed E-state index contributed by atoms with van der Waals surface area (Å²) in [5.41, 5.74) is 0. The average molecular weight is 145 g/mol. The molecule has 0 radical (unpaired) electrons. The van der Waals surface area contributed by atoms with Gasteiger partial charge in [0, 0.05) is 19.7 Å². The molecule has 0 bridgehead atoms. The number of aliphatic hydroxyl groups is 1. The lowest BCUT2D eigenvalue weighted by atomic mass is 10.2. The largest absolute Gasteiger partial charge is 0.396 e. The Morgan fingerprint density at radius 3 is 2.10 bits per heavy atom. The average Bonchev–Trinajstić information content (AvgIpc) is 2.73. The van der Waals surface area contributed by atoms with Gasteiger partial charge in [-0.15, -0.1) is 0 Å². The molecule has 62 valence electrons. The molecule has 1 rings (SSSR count). The van der Waals surface area contributed by atoms with Crippen LogP contribution in [-0.4, -0.2) is 24.8 Å². The van der Waals surface area contributed by atoms with Crippen molar-refractivity contribution >= 4 is 0 Å². The predicted octanol–water partition coefficient (Wildman–Crippen LogP) is 1.15. The highest BCUT2D eigenvalue weighted by atomic mass is 16.2. The highest BCUT2D eigenvalue weighted by Gasteiger charge is 1.91. The third kappa shape index (κ3) is 15.7. The molecule has 0 aromatic heterocycles. The first-order chi connectivity index (χ1) is 4.91. The third-order valence-corrected chi connectivity index (χ3v) is 1.26. The van der Waals surface area contributed by atoms with E-state index in [2.05, 4.69) is 12.2 Å². The topological polar surface area (TPSA) is 42.2 Å². The van der Waals surface area contributed by atoms with Crippen molar-refractivity contribution in [1.29, 1.82) is 0 Å². The van der Waals surface area contributed by atoms with Crippen molar-refractivity contribution in [3.63, 3.8) is 0 Å². The SMILES string of the molecule is C1CN1.CCCCCCO. The first-order valence-electron chi connectivity index (χ1n) is 4.23. The van der Waals surface area contributed by atoms with Crippen LogP contribution in [0.1, 0.15) is 32.6 Å². The van der Waals surface area contributed by atoms with Gasteiger partial charge in [0.05, 0.1) is 0 Å². The zero-order valence-electron chi connectivity index (χ0n) is 6.90. The summed E-state index contributed by atoms with van der Waals surface area (Å²) in [6, 6.07) is 0. The first kappa shape index (κ1) is 9.92. The highest BCUT2D eigenvalue weighted by Crippen LogP contribution is 1.95. The van der Waals surface area contributed by atoms with Gasteiger partial charge in [-0.05, 0) is 6.42 Å². The van der Waals surface area contributed by atoms with E-state index in [0.29, 0.717) is 6.61 Å². The van der Waals surface area contributed by atoms with Gasteiger partial charge >= 0.3 is 0 Å². The minimum atomic E-state index is 0.361. The lowest BCUT2D eigenvalue weighted by Crippen LogP contribution is -1.80. The summed E-state index contributed by atoms with van der Waals surface area (Å²) in [5, 5.41) is 11.3. The smallest absolute Gasteiger partial charge is 0.0431 e. The monoisotopic (exact) mass is 145 g/mol. The molecule has 0 amide bonds. The van der Waals surface area contributed by atoms with Crippen molar-refractivity contribution in [2.45, 2.75) is 32.6 Å². The van der Waals surface area contributed by atoms with E-state index in [1.54, 1.807) is 0 Å². The van der Waals surface area contributed by atoms with Gasteiger partial charge in [-0.2, -0.15) is 0 Å². The predicted molar refractivity (Wildman–Crippen MR) is 44.1 cm³/mol. The van der Waals surface area contributed by atoms with Gasteiger partial charge in [-0.25, -0.2) is 0 Å². The van der Waals surface area contributed by atoms with Gasteiger partial charge in [0.2, 0.25) is 0 Å². The first-order valence-corrected chi connectivity index (χ1v) is 4.23. The third-order valence-electron chi connectivity index (χ3n) is 1.26. The Bertz CT molecular complexity index is 48.5. The molecule has 1 heterocycles. The number of hydrogen-bond donors (Lipinski definition) is 2. The number of nitrogens with one attached hydrogen (secondary N) is 1. The Hall–Kier alpha value is -0.0800. The van der Waals surface area contributed by atoms with Crippen LogP contribution in [-0.2, 0) is 0 Å². The maximum absolute atomic E-state index is 8.29. The molecule has 0 aliphatic carbocycles. The minimum absolute atomic E-state index is 0.361. The molecule has 0 atom stereocenters. The fourth-order valence-electron chi connectivity index (χ4n) is 0.539. The zero-order valence-corrected chi connectivity index (χ0v) is 6.90. The molecule has 2 heteroatoms. The van der Waals surface area contributed by atoms with E-state index in [1.807, 2.05) is 0 Å². The quantitative estimate of drug-likeness (QED) is 0.460. The van der Waals surface area contributed by atoms with Gasteiger partial charge in [0.25, 0.3) is 0 Å². The van der Waals surface area contributed by atoms with Crippen molar-refractivity contribution in [2.24, 2.45) is 0 Å². The molecule has 0 aromatic rings. The fourth-order valence-corrected chi connectivity index (χ4v) is 0.539. The van der Waals surface area contributed by atoms with Crippen LogP contribution >= 0.6 is 0 Å². The van der Waals surface area contributed by atoms with Crippen LogP contribution in [0.3, 0.4) is 0 Å². The number of rotatable bonds is 4. The summed E-state index contributed by atoms with van der Waals surface area (Å²) in [6.45, 7) is 5.03. The summed E-state index contributed by atoms with van der Waals surface area (Å²) in [4.78, 5) is 0. The lowest BCUT2D eigenvalue weighted by molar-refractivity contribution is 0.283. The molecule has 0 aromatic carbocycles. The molecule has 1 fully saturated rings. The fraction of sp³-hybridized carbons (Fsp3) is 1.00. The molecule has 0 spiro atoms. The van der Waals surface area contributed by atoms with Gasteiger partial charge in [0.15, 0.2) is 0 Å². The number of unbranched alkanes of at least 4 members (excludes halogenated alkanes) is 3. The molecule has 10 heavy (non-hydrogen) atoms. The van der Waals surface area contributed by atoms with Crippen molar-refractivity contribution in [2.75, 3.05) is 19.7 Å². The van der Waals surface area contributed by atoms with E-state index < -0.39 is 0 Å². The van der Waals surface area contributed by atoms with Crippen molar-refractivity contribution in [3.05, 3.63) is 0 Å². The summed E-state index contributed by atoms with van der Waals surface area (Å²) in [6.07, 6.45) is 4.68. The Morgan fingerprint density at radius 2 is 1.80 bits per heavy atom. The van der Waals surface area contributed by atoms with Gasteiger partial charge in [-0.1, -0.05) is 26.2 Å².